The van der Waals surface area contributed by atoms with Gasteiger partial charge in [-0.15, -0.1) is 0 Å². The third-order valence-electron chi connectivity index (χ3n) is 5.42. The Morgan fingerprint density at radius 3 is 2.11 bits per heavy atom. The molecular formula is C26H33N3O6. The van der Waals surface area contributed by atoms with Gasteiger partial charge in [0, 0.05) is 32.6 Å². The largest absolute Gasteiger partial charge is 0.508 e. The Morgan fingerprint density at radius 2 is 1.51 bits per heavy atom. The van der Waals surface area contributed by atoms with E-state index < -0.39 is 23.8 Å². The summed E-state index contributed by atoms with van der Waals surface area (Å²) in [5.41, 5.74) is 0.974. The van der Waals surface area contributed by atoms with Crippen LogP contribution >= 0.6 is 0 Å². The van der Waals surface area contributed by atoms with Gasteiger partial charge in [0.1, 0.15) is 24.0 Å². The first-order valence-corrected chi connectivity index (χ1v) is 11.6. The Bertz CT molecular complexity index is 996. The zero-order chi connectivity index (χ0) is 25.4. The average Bonchev–Trinajstić information content (AvgIpc) is 2.82. The van der Waals surface area contributed by atoms with Crippen molar-refractivity contribution < 1.29 is 29.0 Å². The highest BCUT2D eigenvalue weighted by Crippen LogP contribution is 2.15. The number of benzene rings is 2. The van der Waals surface area contributed by atoms with Gasteiger partial charge in [-0.3, -0.25) is 4.79 Å². The number of carbonyl (C=O) groups excluding carboxylic acids is 3. The van der Waals surface area contributed by atoms with Gasteiger partial charge < -0.3 is 29.7 Å². The van der Waals surface area contributed by atoms with E-state index in [1.54, 1.807) is 42.7 Å². The van der Waals surface area contributed by atoms with Crippen molar-refractivity contribution >= 4 is 18.1 Å². The molecule has 0 bridgehead atoms. The van der Waals surface area contributed by atoms with Crippen LogP contribution in [0.1, 0.15) is 31.9 Å². The number of rotatable bonds is 6. The van der Waals surface area contributed by atoms with Crippen LogP contribution in [0.4, 0.5) is 9.59 Å². The zero-order valence-electron chi connectivity index (χ0n) is 20.4. The normalized spacial score (nSPS) is 14.7. The number of nitrogens with one attached hydrogen (secondary N) is 1. The second-order valence-electron chi connectivity index (χ2n) is 9.42. The minimum absolute atomic E-state index is 0.118. The Hall–Kier alpha value is -3.75. The predicted octanol–water partition coefficient (Wildman–Crippen LogP) is 3.31. The van der Waals surface area contributed by atoms with E-state index in [1.807, 2.05) is 30.3 Å². The molecule has 1 saturated heterocycles. The molecule has 1 aliphatic heterocycles. The number of aromatic hydroxyl groups is 1. The van der Waals surface area contributed by atoms with Crippen LogP contribution in [0.2, 0.25) is 0 Å². The van der Waals surface area contributed by atoms with Crippen molar-refractivity contribution in [3.8, 4) is 5.75 Å². The number of nitrogens with zero attached hydrogens (tertiary/aromatic N) is 2. The molecule has 3 rings (SSSR count). The van der Waals surface area contributed by atoms with E-state index in [-0.39, 0.29) is 24.7 Å². The maximum atomic E-state index is 13.3. The molecule has 2 aromatic carbocycles. The molecule has 188 valence electrons. The number of amides is 3. The minimum Gasteiger partial charge on any atom is -0.508 e. The van der Waals surface area contributed by atoms with Gasteiger partial charge in [-0.2, -0.15) is 0 Å². The van der Waals surface area contributed by atoms with E-state index in [1.165, 1.54) is 12.1 Å². The molecule has 0 aliphatic carbocycles. The molecular weight excluding hydrogens is 450 g/mol. The van der Waals surface area contributed by atoms with E-state index in [0.29, 0.717) is 26.2 Å². The van der Waals surface area contributed by atoms with Crippen molar-refractivity contribution in [2.75, 3.05) is 26.2 Å². The van der Waals surface area contributed by atoms with Crippen molar-refractivity contribution in [1.82, 2.24) is 15.1 Å². The SMILES string of the molecule is CC(C)(C)OC(=O)NC(Cc1ccc(O)cc1)C(=O)N1CCN(C(=O)OCc2ccccc2)CC1. The third kappa shape index (κ3) is 8.20. The van der Waals surface area contributed by atoms with Crippen molar-refractivity contribution in [3.63, 3.8) is 0 Å². The Kier molecular flexibility index (Phi) is 8.57. The van der Waals surface area contributed by atoms with Gasteiger partial charge in [-0.25, -0.2) is 9.59 Å². The standard InChI is InChI=1S/C26H33N3O6/c1-26(2,3)35-24(32)27-22(17-19-9-11-21(30)12-10-19)23(31)28-13-15-29(16-14-28)25(33)34-18-20-7-5-4-6-8-20/h4-12,22,30H,13-18H2,1-3H3,(H,27,32). The molecule has 1 heterocycles. The second-order valence-corrected chi connectivity index (χ2v) is 9.42. The first-order chi connectivity index (χ1) is 16.6. The summed E-state index contributed by atoms with van der Waals surface area (Å²) in [5, 5.41) is 12.2. The summed E-state index contributed by atoms with van der Waals surface area (Å²) in [4.78, 5) is 41.4. The maximum Gasteiger partial charge on any atom is 0.410 e. The summed E-state index contributed by atoms with van der Waals surface area (Å²) >= 11 is 0. The van der Waals surface area contributed by atoms with Gasteiger partial charge in [0.15, 0.2) is 0 Å². The molecule has 1 fully saturated rings. The molecule has 1 atom stereocenters. The van der Waals surface area contributed by atoms with Gasteiger partial charge in [0.2, 0.25) is 5.91 Å². The van der Waals surface area contributed by atoms with E-state index in [2.05, 4.69) is 5.32 Å². The topological polar surface area (TPSA) is 108 Å². The summed E-state index contributed by atoms with van der Waals surface area (Å²) < 4.78 is 10.7. The molecule has 9 heteroatoms. The van der Waals surface area contributed by atoms with Gasteiger partial charge in [-0.05, 0) is 44.0 Å². The van der Waals surface area contributed by atoms with Crippen LogP contribution in [0, 0.1) is 0 Å². The van der Waals surface area contributed by atoms with E-state index in [9.17, 15) is 19.5 Å². The van der Waals surface area contributed by atoms with Crippen LogP contribution in [0.3, 0.4) is 0 Å². The van der Waals surface area contributed by atoms with Crippen LogP contribution in [0.15, 0.2) is 54.6 Å². The highest BCUT2D eigenvalue weighted by Gasteiger charge is 2.31. The molecule has 0 radical (unpaired) electrons. The summed E-state index contributed by atoms with van der Waals surface area (Å²) in [6.45, 7) is 6.74. The average molecular weight is 484 g/mol. The van der Waals surface area contributed by atoms with Gasteiger partial charge >= 0.3 is 12.2 Å². The van der Waals surface area contributed by atoms with Gasteiger partial charge in [0.25, 0.3) is 0 Å². The number of piperazine rings is 1. The Morgan fingerprint density at radius 1 is 0.914 bits per heavy atom. The van der Waals surface area contributed by atoms with Crippen molar-refractivity contribution in [2.45, 2.75) is 45.4 Å². The predicted molar refractivity (Wildman–Crippen MR) is 130 cm³/mol. The van der Waals surface area contributed by atoms with E-state index in [4.69, 9.17) is 9.47 Å². The van der Waals surface area contributed by atoms with Crippen LogP contribution in [0.5, 0.6) is 5.75 Å². The fourth-order valence-corrected chi connectivity index (χ4v) is 3.66. The molecule has 1 aliphatic rings. The number of phenols is 1. The fourth-order valence-electron chi connectivity index (χ4n) is 3.66. The van der Waals surface area contributed by atoms with Gasteiger partial charge in [0.05, 0.1) is 0 Å². The lowest BCUT2D eigenvalue weighted by molar-refractivity contribution is -0.135. The zero-order valence-corrected chi connectivity index (χ0v) is 20.4. The number of phenolic OH excluding ortho intramolecular Hbond substituents is 1. The highest BCUT2D eigenvalue weighted by molar-refractivity contribution is 5.86. The van der Waals surface area contributed by atoms with E-state index in [0.717, 1.165) is 11.1 Å². The lowest BCUT2D eigenvalue weighted by Crippen LogP contribution is -2.56. The Balaban J connectivity index is 1.58. The summed E-state index contributed by atoms with van der Waals surface area (Å²) in [7, 11) is 0. The quantitative estimate of drug-likeness (QED) is 0.653. The first kappa shape index (κ1) is 25.9. The number of hydrogen-bond acceptors (Lipinski definition) is 6. The molecule has 35 heavy (non-hydrogen) atoms. The van der Waals surface area contributed by atoms with Crippen LogP contribution in [-0.4, -0.2) is 70.8 Å². The first-order valence-electron chi connectivity index (χ1n) is 11.6. The summed E-state index contributed by atoms with van der Waals surface area (Å²) in [6, 6.07) is 15.0. The lowest BCUT2D eigenvalue weighted by Gasteiger charge is -2.36. The van der Waals surface area contributed by atoms with Crippen LogP contribution in [-0.2, 0) is 27.3 Å². The van der Waals surface area contributed by atoms with Gasteiger partial charge in [-0.1, -0.05) is 42.5 Å². The third-order valence-corrected chi connectivity index (χ3v) is 5.42. The maximum absolute atomic E-state index is 13.3. The van der Waals surface area contributed by atoms with E-state index >= 15 is 0 Å². The molecule has 0 spiro atoms. The van der Waals surface area contributed by atoms with Crippen molar-refractivity contribution in [3.05, 3.63) is 65.7 Å². The number of alkyl carbamates (subject to hydrolysis) is 1. The molecule has 0 saturated carbocycles. The number of carbonyl (C=O) groups is 3. The lowest BCUT2D eigenvalue weighted by atomic mass is 10.0. The van der Waals surface area contributed by atoms with Crippen molar-refractivity contribution in [2.24, 2.45) is 0 Å². The Labute approximate surface area is 205 Å². The molecule has 0 aromatic heterocycles. The summed E-state index contributed by atoms with van der Waals surface area (Å²) in [6.07, 6.45) is -0.872. The minimum atomic E-state index is -0.856. The number of ether oxygens (including phenoxy) is 2. The smallest absolute Gasteiger partial charge is 0.410 e. The number of hydrogen-bond donors (Lipinski definition) is 2. The monoisotopic (exact) mass is 483 g/mol. The summed E-state index contributed by atoms with van der Waals surface area (Å²) in [5.74, 6) is -0.145. The highest BCUT2D eigenvalue weighted by atomic mass is 16.6. The van der Waals surface area contributed by atoms with Crippen molar-refractivity contribution in [1.29, 1.82) is 0 Å². The molecule has 1 unspecified atom stereocenters. The van der Waals surface area contributed by atoms with Crippen LogP contribution in [0.25, 0.3) is 0 Å². The second kappa shape index (κ2) is 11.6. The fraction of sp³-hybridized carbons (Fsp3) is 0.423. The molecule has 9 nitrogen and oxygen atoms in total. The van der Waals surface area contributed by atoms with Crippen LogP contribution < -0.4 is 5.32 Å². The molecule has 2 N–H and O–H groups in total. The molecule has 2 aromatic rings. The molecule has 3 amide bonds.